The van der Waals surface area contributed by atoms with Crippen LogP contribution in [0.4, 0.5) is 4.39 Å². The van der Waals surface area contributed by atoms with Crippen molar-refractivity contribution in [1.29, 1.82) is 5.26 Å². The van der Waals surface area contributed by atoms with E-state index in [-0.39, 0.29) is 16.5 Å². The van der Waals surface area contributed by atoms with Crippen molar-refractivity contribution in [2.24, 2.45) is 0 Å². The summed E-state index contributed by atoms with van der Waals surface area (Å²) in [5.41, 5.74) is -0.242. The SMILES string of the molecule is CCC1CCCN1S(=O)(=O)c1ccc(F)c(C#N)c1. The molecule has 1 aromatic carbocycles. The van der Waals surface area contributed by atoms with Crippen LogP contribution in [0.5, 0.6) is 0 Å². The molecule has 1 fully saturated rings. The topological polar surface area (TPSA) is 61.2 Å². The Bertz CT molecular complexity index is 622. The number of rotatable bonds is 3. The minimum Gasteiger partial charge on any atom is -0.207 e. The Labute approximate surface area is 112 Å². The molecule has 0 amide bonds. The molecule has 0 aliphatic carbocycles. The Morgan fingerprint density at radius 3 is 2.89 bits per heavy atom. The van der Waals surface area contributed by atoms with Gasteiger partial charge in [0.2, 0.25) is 10.0 Å². The maximum atomic E-state index is 13.2. The summed E-state index contributed by atoms with van der Waals surface area (Å²) in [6.45, 7) is 2.43. The monoisotopic (exact) mass is 282 g/mol. The quantitative estimate of drug-likeness (QED) is 0.854. The van der Waals surface area contributed by atoms with Gasteiger partial charge in [-0.05, 0) is 37.5 Å². The van der Waals surface area contributed by atoms with E-state index in [1.807, 2.05) is 6.92 Å². The molecule has 0 radical (unpaired) electrons. The summed E-state index contributed by atoms with van der Waals surface area (Å²) >= 11 is 0. The van der Waals surface area contributed by atoms with Crippen molar-refractivity contribution in [3.63, 3.8) is 0 Å². The van der Waals surface area contributed by atoms with Gasteiger partial charge in [-0.1, -0.05) is 6.92 Å². The first-order valence-electron chi connectivity index (χ1n) is 6.22. The Kier molecular flexibility index (Phi) is 3.88. The van der Waals surface area contributed by atoms with Crippen LogP contribution in [0.2, 0.25) is 0 Å². The standard InChI is InChI=1S/C13H15FN2O2S/c1-2-11-4-3-7-16(11)19(17,18)12-5-6-13(14)10(8-12)9-15/h5-6,8,11H,2-4,7H2,1H3. The molecule has 1 saturated heterocycles. The van der Waals surface area contributed by atoms with E-state index >= 15 is 0 Å². The number of halogens is 1. The van der Waals surface area contributed by atoms with Crippen molar-refractivity contribution < 1.29 is 12.8 Å². The third kappa shape index (κ3) is 2.48. The Morgan fingerprint density at radius 1 is 1.53 bits per heavy atom. The molecule has 1 unspecified atom stereocenters. The summed E-state index contributed by atoms with van der Waals surface area (Å²) in [4.78, 5) is -0.00852. The molecule has 102 valence electrons. The molecule has 1 aromatic rings. The van der Waals surface area contributed by atoms with Crippen molar-refractivity contribution in [3.05, 3.63) is 29.6 Å². The van der Waals surface area contributed by atoms with Crippen LogP contribution >= 0.6 is 0 Å². The molecule has 0 N–H and O–H groups in total. The van der Waals surface area contributed by atoms with Crippen LogP contribution in [0.25, 0.3) is 0 Å². The minimum absolute atomic E-state index is 0.000545. The fourth-order valence-corrected chi connectivity index (χ4v) is 4.21. The lowest BCUT2D eigenvalue weighted by Crippen LogP contribution is -2.35. The second kappa shape index (κ2) is 5.27. The highest BCUT2D eigenvalue weighted by Gasteiger charge is 2.34. The summed E-state index contributed by atoms with van der Waals surface area (Å²) in [5.74, 6) is -0.699. The van der Waals surface area contributed by atoms with Gasteiger partial charge >= 0.3 is 0 Å². The van der Waals surface area contributed by atoms with Gasteiger partial charge in [-0.3, -0.25) is 0 Å². The number of nitrogens with zero attached hydrogens (tertiary/aromatic N) is 2. The number of benzene rings is 1. The van der Waals surface area contributed by atoms with Crippen LogP contribution < -0.4 is 0 Å². The summed E-state index contributed by atoms with van der Waals surface area (Å²) in [5, 5.41) is 8.77. The first kappa shape index (κ1) is 14.0. The third-order valence-electron chi connectivity index (χ3n) is 3.46. The average Bonchev–Trinajstić information content (AvgIpc) is 2.88. The number of hydrogen-bond acceptors (Lipinski definition) is 3. The smallest absolute Gasteiger partial charge is 0.207 e. The van der Waals surface area contributed by atoms with E-state index in [1.165, 1.54) is 10.4 Å². The fourth-order valence-electron chi connectivity index (χ4n) is 2.42. The van der Waals surface area contributed by atoms with Gasteiger partial charge in [0.15, 0.2) is 0 Å². The highest BCUT2D eigenvalue weighted by Crippen LogP contribution is 2.28. The first-order valence-corrected chi connectivity index (χ1v) is 7.66. The summed E-state index contributed by atoms with van der Waals surface area (Å²) < 4.78 is 39.7. The highest BCUT2D eigenvalue weighted by molar-refractivity contribution is 7.89. The molecule has 1 heterocycles. The molecule has 1 atom stereocenters. The zero-order valence-electron chi connectivity index (χ0n) is 10.6. The highest BCUT2D eigenvalue weighted by atomic mass is 32.2. The average molecular weight is 282 g/mol. The van der Waals surface area contributed by atoms with Crippen LogP contribution in [0.3, 0.4) is 0 Å². The van der Waals surface area contributed by atoms with Gasteiger partial charge < -0.3 is 0 Å². The van der Waals surface area contributed by atoms with Crippen molar-refractivity contribution in [2.45, 2.75) is 37.1 Å². The van der Waals surface area contributed by atoms with Crippen LogP contribution in [0.15, 0.2) is 23.1 Å². The molecule has 19 heavy (non-hydrogen) atoms. The first-order chi connectivity index (χ1) is 9.00. The normalized spacial score (nSPS) is 20.4. The molecule has 1 aliphatic heterocycles. The van der Waals surface area contributed by atoms with Crippen molar-refractivity contribution in [1.82, 2.24) is 4.31 Å². The molecule has 0 spiro atoms. The number of sulfonamides is 1. The second-order valence-electron chi connectivity index (χ2n) is 4.57. The Balaban J connectivity index is 2.43. The number of nitriles is 1. The summed E-state index contributed by atoms with van der Waals surface area (Å²) in [6, 6.07) is 5.02. The summed E-state index contributed by atoms with van der Waals surface area (Å²) in [6.07, 6.45) is 2.44. The van der Waals surface area contributed by atoms with Crippen molar-refractivity contribution in [2.75, 3.05) is 6.54 Å². The number of hydrogen-bond donors (Lipinski definition) is 0. The van der Waals surface area contributed by atoms with Gasteiger partial charge in [-0.2, -0.15) is 9.57 Å². The lowest BCUT2D eigenvalue weighted by molar-refractivity contribution is 0.379. The van der Waals surface area contributed by atoms with Crippen LogP contribution in [-0.2, 0) is 10.0 Å². The molecule has 6 heteroatoms. The molecular weight excluding hydrogens is 267 g/mol. The van der Waals surface area contributed by atoms with Gasteiger partial charge in [0, 0.05) is 12.6 Å². The molecule has 4 nitrogen and oxygen atoms in total. The minimum atomic E-state index is -3.63. The lowest BCUT2D eigenvalue weighted by Gasteiger charge is -2.23. The molecule has 0 aromatic heterocycles. The van der Waals surface area contributed by atoms with Gasteiger partial charge in [-0.15, -0.1) is 0 Å². The van der Waals surface area contributed by atoms with Crippen LogP contribution in [0, 0.1) is 17.1 Å². The molecule has 0 bridgehead atoms. The molecule has 2 rings (SSSR count). The van der Waals surface area contributed by atoms with E-state index in [2.05, 4.69) is 0 Å². The Hall–Kier alpha value is -1.45. The van der Waals surface area contributed by atoms with E-state index in [9.17, 15) is 12.8 Å². The van der Waals surface area contributed by atoms with Crippen molar-refractivity contribution >= 4 is 10.0 Å². The van der Waals surface area contributed by atoms with Crippen LogP contribution in [-0.4, -0.2) is 25.3 Å². The summed E-state index contributed by atoms with van der Waals surface area (Å²) in [7, 11) is -3.63. The van der Waals surface area contributed by atoms with Crippen molar-refractivity contribution in [3.8, 4) is 6.07 Å². The van der Waals surface area contributed by atoms with Gasteiger partial charge in [0.05, 0.1) is 10.5 Å². The zero-order valence-corrected chi connectivity index (χ0v) is 11.5. The van der Waals surface area contributed by atoms with E-state index < -0.39 is 15.8 Å². The largest absolute Gasteiger partial charge is 0.243 e. The predicted molar refractivity (Wildman–Crippen MR) is 68.3 cm³/mol. The zero-order chi connectivity index (χ0) is 14.0. The van der Waals surface area contributed by atoms with E-state index in [0.29, 0.717) is 6.54 Å². The van der Waals surface area contributed by atoms with E-state index in [4.69, 9.17) is 5.26 Å². The maximum Gasteiger partial charge on any atom is 0.243 e. The van der Waals surface area contributed by atoms with Gasteiger partial charge in [0.1, 0.15) is 11.9 Å². The fraction of sp³-hybridized carbons (Fsp3) is 0.462. The van der Waals surface area contributed by atoms with E-state index in [0.717, 1.165) is 31.4 Å². The van der Waals surface area contributed by atoms with E-state index in [1.54, 1.807) is 6.07 Å². The lowest BCUT2D eigenvalue weighted by atomic mass is 10.2. The second-order valence-corrected chi connectivity index (χ2v) is 6.46. The van der Waals surface area contributed by atoms with Gasteiger partial charge in [-0.25, -0.2) is 12.8 Å². The molecular formula is C13H15FN2O2S. The molecule has 0 saturated carbocycles. The molecule has 1 aliphatic rings. The van der Waals surface area contributed by atoms with Crippen LogP contribution in [0.1, 0.15) is 31.7 Å². The predicted octanol–water partition coefficient (Wildman–Crippen LogP) is 2.26. The maximum absolute atomic E-state index is 13.2. The third-order valence-corrected chi connectivity index (χ3v) is 5.41. The van der Waals surface area contributed by atoms with Gasteiger partial charge in [0.25, 0.3) is 0 Å². The Morgan fingerprint density at radius 2 is 2.26 bits per heavy atom.